The number of β-amino-alcohol motifs (C(OH)–C–C–N with tert-alkyl or cyclic N) is 1. The number of nitrogens with zero attached hydrogens (tertiary/aromatic N) is 3. The van der Waals surface area contributed by atoms with Crippen molar-refractivity contribution in [3.8, 4) is 0 Å². The Balaban J connectivity index is 1.31. The van der Waals surface area contributed by atoms with E-state index in [4.69, 9.17) is 5.73 Å². The average molecular weight is 437 g/mol. The van der Waals surface area contributed by atoms with Crippen LogP contribution in [0, 0.1) is 0 Å². The summed E-state index contributed by atoms with van der Waals surface area (Å²) in [5, 5.41) is 15.9. The summed E-state index contributed by atoms with van der Waals surface area (Å²) in [5.41, 5.74) is 9.29. The zero-order chi connectivity index (χ0) is 22.5. The molecule has 4 rings (SSSR count). The molecule has 0 spiro atoms. The third-order valence-electron chi connectivity index (χ3n) is 5.55. The number of nitrogens with one attached hydrogen (secondary N) is 2. The molecule has 9 nitrogen and oxygen atoms in total. The first-order chi connectivity index (χ1) is 15.5. The van der Waals surface area contributed by atoms with E-state index in [9.17, 15) is 14.7 Å². The van der Waals surface area contributed by atoms with Crippen molar-refractivity contribution in [3.05, 3.63) is 71.2 Å². The molecular formula is C23H28N6O3. The average Bonchev–Trinajstić information content (AvgIpc) is 3.24. The van der Waals surface area contributed by atoms with Crippen LogP contribution in [0.5, 0.6) is 0 Å². The fourth-order valence-corrected chi connectivity index (χ4v) is 3.90. The van der Waals surface area contributed by atoms with Gasteiger partial charge >= 0.3 is 0 Å². The molecule has 3 aromatic rings. The third-order valence-corrected chi connectivity index (χ3v) is 5.55. The summed E-state index contributed by atoms with van der Waals surface area (Å²) in [6.07, 6.45) is 3.47. The van der Waals surface area contributed by atoms with Gasteiger partial charge in [0.25, 0.3) is 11.8 Å². The van der Waals surface area contributed by atoms with E-state index in [0.29, 0.717) is 30.8 Å². The lowest BCUT2D eigenvalue weighted by molar-refractivity contribution is 0.0838. The zero-order valence-electron chi connectivity index (χ0n) is 17.8. The highest BCUT2D eigenvalue weighted by molar-refractivity contribution is 5.95. The molecule has 0 radical (unpaired) electrons. The number of aromatic nitrogens is 2. The monoisotopic (exact) mass is 436 g/mol. The van der Waals surface area contributed by atoms with Gasteiger partial charge in [0, 0.05) is 51.7 Å². The molecular weight excluding hydrogens is 408 g/mol. The first kappa shape index (κ1) is 21.9. The van der Waals surface area contributed by atoms with Crippen LogP contribution in [0.4, 0.5) is 0 Å². The van der Waals surface area contributed by atoms with E-state index in [2.05, 4.69) is 38.7 Å². The summed E-state index contributed by atoms with van der Waals surface area (Å²) >= 11 is 0. The van der Waals surface area contributed by atoms with Gasteiger partial charge in [0.2, 0.25) is 0 Å². The van der Waals surface area contributed by atoms with Gasteiger partial charge in [0.15, 0.2) is 0 Å². The number of carbonyl (C=O) groups is 2. The SMILES string of the molecule is NCCNC(=O)c1ccc2nc(C(=O)NC[C@H](O)CN3CCc4ccccc4C3)cn2c1. The van der Waals surface area contributed by atoms with Crippen LogP contribution in [0.25, 0.3) is 5.65 Å². The lowest BCUT2D eigenvalue weighted by atomic mass is 10.00. The molecule has 5 N–H and O–H groups in total. The topological polar surface area (TPSA) is 125 Å². The second kappa shape index (κ2) is 9.90. The molecule has 0 unspecified atom stereocenters. The molecule has 9 heteroatoms. The number of imidazole rings is 1. The fourth-order valence-electron chi connectivity index (χ4n) is 3.90. The highest BCUT2D eigenvalue weighted by atomic mass is 16.3. The van der Waals surface area contributed by atoms with Crippen LogP contribution in [0.3, 0.4) is 0 Å². The number of rotatable bonds is 8. The van der Waals surface area contributed by atoms with E-state index in [1.54, 1.807) is 28.9 Å². The number of amides is 2. The summed E-state index contributed by atoms with van der Waals surface area (Å²) < 4.78 is 1.63. The van der Waals surface area contributed by atoms with Crippen LogP contribution in [0.2, 0.25) is 0 Å². The smallest absolute Gasteiger partial charge is 0.271 e. The van der Waals surface area contributed by atoms with Gasteiger partial charge in [-0.15, -0.1) is 0 Å². The number of benzene rings is 1. The number of hydrogen-bond acceptors (Lipinski definition) is 6. The zero-order valence-corrected chi connectivity index (χ0v) is 17.8. The van der Waals surface area contributed by atoms with Gasteiger partial charge in [-0.1, -0.05) is 24.3 Å². The Kier molecular flexibility index (Phi) is 6.79. The molecule has 1 aliphatic heterocycles. The summed E-state index contributed by atoms with van der Waals surface area (Å²) in [7, 11) is 0. The Morgan fingerprint density at radius 2 is 1.91 bits per heavy atom. The number of hydrogen-bond donors (Lipinski definition) is 4. The van der Waals surface area contributed by atoms with Crippen LogP contribution >= 0.6 is 0 Å². The van der Waals surface area contributed by atoms with E-state index in [0.717, 1.165) is 19.5 Å². The van der Waals surface area contributed by atoms with Gasteiger partial charge in [-0.3, -0.25) is 14.5 Å². The minimum Gasteiger partial charge on any atom is -0.390 e. The molecule has 1 atom stereocenters. The van der Waals surface area contributed by atoms with Gasteiger partial charge in [-0.25, -0.2) is 4.98 Å². The number of aliphatic hydroxyl groups excluding tert-OH is 1. The highest BCUT2D eigenvalue weighted by Crippen LogP contribution is 2.18. The van der Waals surface area contributed by atoms with Gasteiger partial charge in [-0.05, 0) is 29.7 Å². The highest BCUT2D eigenvalue weighted by Gasteiger charge is 2.19. The number of nitrogens with two attached hydrogens (primary N) is 1. The van der Waals surface area contributed by atoms with Gasteiger partial charge in [0.1, 0.15) is 11.3 Å². The van der Waals surface area contributed by atoms with Gasteiger partial charge < -0.3 is 25.9 Å². The molecule has 0 bridgehead atoms. The molecule has 0 saturated heterocycles. The van der Waals surface area contributed by atoms with Crippen LogP contribution in [-0.4, -0.2) is 70.0 Å². The Labute approximate surface area is 186 Å². The molecule has 168 valence electrons. The van der Waals surface area contributed by atoms with Crippen molar-refractivity contribution in [2.24, 2.45) is 5.73 Å². The normalized spacial score (nSPS) is 14.7. The fraction of sp³-hybridized carbons (Fsp3) is 0.348. The predicted molar refractivity (Wildman–Crippen MR) is 120 cm³/mol. The largest absolute Gasteiger partial charge is 0.390 e. The van der Waals surface area contributed by atoms with Crippen LogP contribution in [-0.2, 0) is 13.0 Å². The minimum atomic E-state index is -0.681. The van der Waals surface area contributed by atoms with Crippen molar-refractivity contribution in [1.82, 2.24) is 24.9 Å². The quantitative estimate of drug-likeness (QED) is 0.399. The minimum absolute atomic E-state index is 0.137. The number of carbonyl (C=O) groups excluding carboxylic acids is 2. The maximum atomic E-state index is 12.5. The summed E-state index contributed by atoms with van der Waals surface area (Å²) in [6, 6.07) is 11.7. The Bertz CT molecular complexity index is 1110. The van der Waals surface area contributed by atoms with E-state index in [1.165, 1.54) is 11.1 Å². The maximum Gasteiger partial charge on any atom is 0.271 e. The van der Waals surface area contributed by atoms with E-state index < -0.39 is 6.10 Å². The van der Waals surface area contributed by atoms with E-state index >= 15 is 0 Å². The molecule has 1 aliphatic rings. The van der Waals surface area contributed by atoms with E-state index in [-0.39, 0.29) is 24.1 Å². The molecule has 2 aromatic heterocycles. The third kappa shape index (κ3) is 5.13. The Morgan fingerprint density at radius 3 is 2.72 bits per heavy atom. The van der Waals surface area contributed by atoms with Crippen molar-refractivity contribution >= 4 is 17.5 Å². The van der Waals surface area contributed by atoms with Gasteiger partial charge in [-0.2, -0.15) is 0 Å². The number of fused-ring (bicyclic) bond motifs is 2. The molecule has 32 heavy (non-hydrogen) atoms. The predicted octanol–water partition coefficient (Wildman–Crippen LogP) is 0.172. The molecule has 0 saturated carbocycles. The van der Waals surface area contributed by atoms with Gasteiger partial charge in [0.05, 0.1) is 11.7 Å². The van der Waals surface area contributed by atoms with Crippen molar-refractivity contribution in [2.75, 3.05) is 32.7 Å². The maximum absolute atomic E-state index is 12.5. The van der Waals surface area contributed by atoms with Crippen molar-refractivity contribution in [2.45, 2.75) is 19.1 Å². The first-order valence-electron chi connectivity index (χ1n) is 10.8. The summed E-state index contributed by atoms with van der Waals surface area (Å²) in [5.74, 6) is -0.605. The standard InChI is InChI=1S/C23H28N6O3/c24-8-9-25-22(31)18-5-6-21-27-20(15-29(21)13-18)23(32)26-11-19(30)14-28-10-7-16-3-1-2-4-17(16)12-28/h1-6,13,15,19,30H,7-12,14,24H2,(H,25,31)(H,26,32)/t19-/m0/s1. The van der Waals surface area contributed by atoms with E-state index in [1.807, 2.05) is 6.07 Å². The Morgan fingerprint density at radius 1 is 1.09 bits per heavy atom. The molecule has 0 fully saturated rings. The van der Waals surface area contributed by atoms with Crippen molar-refractivity contribution < 1.29 is 14.7 Å². The molecule has 3 heterocycles. The lowest BCUT2D eigenvalue weighted by Gasteiger charge is -2.30. The first-order valence-corrected chi connectivity index (χ1v) is 10.8. The molecule has 1 aromatic carbocycles. The van der Waals surface area contributed by atoms with Crippen molar-refractivity contribution in [1.29, 1.82) is 0 Å². The molecule has 0 aliphatic carbocycles. The van der Waals surface area contributed by atoms with Crippen LogP contribution in [0.15, 0.2) is 48.8 Å². The molecule has 2 amide bonds. The number of pyridine rings is 1. The lowest BCUT2D eigenvalue weighted by Crippen LogP contribution is -2.42. The summed E-state index contributed by atoms with van der Waals surface area (Å²) in [6.45, 7) is 3.06. The van der Waals surface area contributed by atoms with Crippen molar-refractivity contribution in [3.63, 3.8) is 0 Å². The second-order valence-corrected chi connectivity index (χ2v) is 7.97. The summed E-state index contributed by atoms with van der Waals surface area (Å²) in [4.78, 5) is 31.1. The second-order valence-electron chi connectivity index (χ2n) is 7.97. The van der Waals surface area contributed by atoms with Crippen LogP contribution < -0.4 is 16.4 Å². The Hall–Kier alpha value is -3.27. The number of aliphatic hydroxyl groups is 1. The van der Waals surface area contributed by atoms with Crippen LogP contribution in [0.1, 0.15) is 32.0 Å².